The smallest absolute Gasteiger partial charge is 0.338 e. The lowest BCUT2D eigenvalue weighted by molar-refractivity contribution is -0.121. The number of carbonyl (C=O) groups excluding carboxylic acids is 3. The van der Waals surface area contributed by atoms with Crippen molar-refractivity contribution >= 4 is 23.5 Å². The van der Waals surface area contributed by atoms with Crippen molar-refractivity contribution in [3.63, 3.8) is 0 Å². The third kappa shape index (κ3) is 4.22. The van der Waals surface area contributed by atoms with Gasteiger partial charge >= 0.3 is 5.97 Å². The monoisotopic (exact) mass is 380 g/mol. The van der Waals surface area contributed by atoms with Gasteiger partial charge in [-0.2, -0.15) is 0 Å². The van der Waals surface area contributed by atoms with Crippen LogP contribution in [0.3, 0.4) is 0 Å². The first kappa shape index (κ1) is 19.6. The number of esters is 1. The number of anilines is 1. The van der Waals surface area contributed by atoms with Crippen LogP contribution < -0.4 is 10.2 Å². The van der Waals surface area contributed by atoms with Crippen LogP contribution in [0.1, 0.15) is 47.3 Å². The summed E-state index contributed by atoms with van der Waals surface area (Å²) < 4.78 is 4.87. The van der Waals surface area contributed by atoms with Crippen molar-refractivity contribution in [3.8, 4) is 0 Å². The molecule has 0 aromatic heterocycles. The van der Waals surface area contributed by atoms with Crippen molar-refractivity contribution in [2.45, 2.75) is 32.2 Å². The molecule has 1 N–H and O–H groups in total. The van der Waals surface area contributed by atoms with Gasteiger partial charge in [-0.15, -0.1) is 0 Å². The molecule has 0 bridgehead atoms. The van der Waals surface area contributed by atoms with E-state index < -0.39 is 12.0 Å². The van der Waals surface area contributed by atoms with E-state index in [1.54, 1.807) is 17.0 Å². The van der Waals surface area contributed by atoms with Gasteiger partial charge in [-0.05, 0) is 36.1 Å². The second-order valence-corrected chi connectivity index (χ2v) is 6.81. The zero-order chi connectivity index (χ0) is 20.1. The lowest BCUT2D eigenvalue weighted by atomic mass is 9.95. The predicted octanol–water partition coefficient (Wildman–Crippen LogP) is 3.02. The van der Waals surface area contributed by atoms with Crippen LogP contribution in [-0.2, 0) is 20.7 Å². The third-order valence-corrected chi connectivity index (χ3v) is 4.92. The van der Waals surface area contributed by atoms with E-state index in [2.05, 4.69) is 5.32 Å². The standard InChI is InChI=1S/C22H24N2O4/c1-15(25)23-19(16-8-4-3-5-9-16)14-21(26)24-13-7-11-17-18(22(27)28-2)10-6-12-20(17)24/h3-6,8-10,12,19H,7,11,13-14H2,1-2H3,(H,23,25). The maximum absolute atomic E-state index is 13.1. The van der Waals surface area contributed by atoms with Gasteiger partial charge < -0.3 is 15.0 Å². The number of benzene rings is 2. The highest BCUT2D eigenvalue weighted by Gasteiger charge is 2.28. The topological polar surface area (TPSA) is 75.7 Å². The fraction of sp³-hybridized carbons (Fsp3) is 0.318. The predicted molar refractivity (Wildman–Crippen MR) is 106 cm³/mol. The molecule has 1 heterocycles. The Morgan fingerprint density at radius 1 is 1.11 bits per heavy atom. The Morgan fingerprint density at radius 3 is 2.54 bits per heavy atom. The molecule has 1 aliphatic heterocycles. The van der Waals surface area contributed by atoms with Crippen molar-refractivity contribution in [2.24, 2.45) is 0 Å². The van der Waals surface area contributed by atoms with Gasteiger partial charge in [0, 0.05) is 19.2 Å². The van der Waals surface area contributed by atoms with E-state index in [0.717, 1.165) is 29.7 Å². The van der Waals surface area contributed by atoms with Crippen LogP contribution in [0.25, 0.3) is 0 Å². The van der Waals surface area contributed by atoms with Gasteiger partial charge in [0.05, 0.1) is 25.1 Å². The number of carbonyl (C=O) groups is 3. The quantitative estimate of drug-likeness (QED) is 0.809. The number of nitrogens with one attached hydrogen (secondary N) is 1. The number of ether oxygens (including phenoxy) is 1. The van der Waals surface area contributed by atoms with Crippen LogP contribution in [0.4, 0.5) is 5.69 Å². The SMILES string of the molecule is COC(=O)c1cccc2c1CCCN2C(=O)CC(NC(C)=O)c1ccccc1. The second-order valence-electron chi connectivity index (χ2n) is 6.81. The minimum Gasteiger partial charge on any atom is -0.465 e. The Labute approximate surface area is 164 Å². The first-order valence-electron chi connectivity index (χ1n) is 9.34. The van der Waals surface area contributed by atoms with Crippen molar-refractivity contribution in [1.29, 1.82) is 0 Å². The average Bonchev–Trinajstić information content (AvgIpc) is 2.72. The number of hydrogen-bond acceptors (Lipinski definition) is 4. The fourth-order valence-corrected chi connectivity index (χ4v) is 3.65. The normalized spacial score (nSPS) is 14.0. The maximum Gasteiger partial charge on any atom is 0.338 e. The Bertz CT molecular complexity index is 879. The van der Waals surface area contributed by atoms with Crippen molar-refractivity contribution in [1.82, 2.24) is 5.32 Å². The summed E-state index contributed by atoms with van der Waals surface area (Å²) in [6, 6.07) is 14.4. The van der Waals surface area contributed by atoms with E-state index in [-0.39, 0.29) is 18.2 Å². The molecule has 0 saturated carbocycles. The molecule has 3 rings (SSSR count). The van der Waals surface area contributed by atoms with Gasteiger partial charge in [0.25, 0.3) is 0 Å². The molecule has 1 atom stereocenters. The minimum atomic E-state index is -0.402. The van der Waals surface area contributed by atoms with Crippen molar-refractivity contribution < 1.29 is 19.1 Å². The highest BCUT2D eigenvalue weighted by Crippen LogP contribution is 2.32. The maximum atomic E-state index is 13.1. The number of nitrogens with zero attached hydrogens (tertiary/aromatic N) is 1. The number of hydrogen-bond donors (Lipinski definition) is 1. The number of amides is 2. The second kappa shape index (κ2) is 8.69. The lowest BCUT2D eigenvalue weighted by Crippen LogP contribution is -2.39. The molecule has 28 heavy (non-hydrogen) atoms. The molecule has 146 valence electrons. The van der Waals surface area contributed by atoms with Crippen LogP contribution in [0.2, 0.25) is 0 Å². The largest absolute Gasteiger partial charge is 0.465 e. The highest BCUT2D eigenvalue weighted by atomic mass is 16.5. The molecular weight excluding hydrogens is 356 g/mol. The van der Waals surface area contributed by atoms with Crippen molar-refractivity contribution in [3.05, 3.63) is 65.2 Å². The van der Waals surface area contributed by atoms with Crippen LogP contribution in [0.5, 0.6) is 0 Å². The zero-order valence-corrected chi connectivity index (χ0v) is 16.1. The molecule has 2 aromatic rings. The third-order valence-electron chi connectivity index (χ3n) is 4.92. The summed E-state index contributed by atoms with van der Waals surface area (Å²) in [6.07, 6.45) is 1.63. The van der Waals surface area contributed by atoms with E-state index in [9.17, 15) is 14.4 Å². The first-order valence-corrected chi connectivity index (χ1v) is 9.34. The van der Waals surface area contributed by atoms with Gasteiger partial charge in [-0.3, -0.25) is 9.59 Å². The average molecular weight is 380 g/mol. The fourth-order valence-electron chi connectivity index (χ4n) is 3.65. The van der Waals surface area contributed by atoms with Crippen LogP contribution >= 0.6 is 0 Å². The summed E-state index contributed by atoms with van der Waals surface area (Å²) in [5, 5.41) is 2.87. The van der Waals surface area contributed by atoms with Crippen LogP contribution in [-0.4, -0.2) is 31.4 Å². The molecule has 6 heteroatoms. The molecule has 0 saturated heterocycles. The summed E-state index contributed by atoms with van der Waals surface area (Å²) in [6.45, 7) is 2.03. The molecule has 0 aliphatic carbocycles. The Morgan fingerprint density at radius 2 is 1.86 bits per heavy atom. The molecule has 2 amide bonds. The van der Waals surface area contributed by atoms with Crippen LogP contribution in [0, 0.1) is 0 Å². The van der Waals surface area contributed by atoms with E-state index in [4.69, 9.17) is 4.74 Å². The van der Waals surface area contributed by atoms with Crippen LogP contribution in [0.15, 0.2) is 48.5 Å². The molecule has 0 radical (unpaired) electrons. The number of rotatable bonds is 5. The molecule has 6 nitrogen and oxygen atoms in total. The van der Waals surface area contributed by atoms with Gasteiger partial charge in [0.2, 0.25) is 11.8 Å². The van der Waals surface area contributed by atoms with Gasteiger partial charge in [0.15, 0.2) is 0 Å². The molecule has 2 aromatic carbocycles. The van der Waals surface area contributed by atoms with Gasteiger partial charge in [0.1, 0.15) is 0 Å². The van der Waals surface area contributed by atoms with Gasteiger partial charge in [-0.25, -0.2) is 4.79 Å². The number of fused-ring (bicyclic) bond motifs is 1. The summed E-state index contributed by atoms with van der Waals surface area (Å²) in [7, 11) is 1.35. The summed E-state index contributed by atoms with van der Waals surface area (Å²) in [5.74, 6) is -0.675. The lowest BCUT2D eigenvalue weighted by Gasteiger charge is -2.32. The van der Waals surface area contributed by atoms with E-state index in [1.165, 1.54) is 14.0 Å². The highest BCUT2D eigenvalue weighted by molar-refractivity contribution is 5.99. The van der Waals surface area contributed by atoms with Crippen molar-refractivity contribution in [2.75, 3.05) is 18.6 Å². The van der Waals surface area contributed by atoms with E-state index in [1.807, 2.05) is 36.4 Å². The minimum absolute atomic E-state index is 0.0921. The van der Waals surface area contributed by atoms with E-state index >= 15 is 0 Å². The van der Waals surface area contributed by atoms with Gasteiger partial charge in [-0.1, -0.05) is 36.4 Å². The Kier molecular flexibility index (Phi) is 6.09. The molecule has 1 aliphatic rings. The summed E-state index contributed by atoms with van der Waals surface area (Å²) in [4.78, 5) is 38.6. The van der Waals surface area contributed by atoms with E-state index in [0.29, 0.717) is 12.1 Å². The summed E-state index contributed by atoms with van der Waals surface area (Å²) in [5.41, 5.74) is 2.96. The molecular formula is C22H24N2O4. The molecule has 0 fully saturated rings. The Balaban J connectivity index is 1.87. The molecule has 0 spiro atoms. The molecule has 1 unspecified atom stereocenters. The Hall–Kier alpha value is -3.15. The summed E-state index contributed by atoms with van der Waals surface area (Å²) >= 11 is 0. The number of methoxy groups -OCH3 is 1. The zero-order valence-electron chi connectivity index (χ0n) is 16.1. The first-order chi connectivity index (χ1) is 13.5.